The largest absolute Gasteiger partial charge is 0.489 e. The zero-order chi connectivity index (χ0) is 15.0. The maximum Gasteiger partial charge on any atom is 0.119 e. The Hall–Kier alpha value is -2.94. The number of hydrogen-bond acceptors (Lipinski definition) is 3. The fourth-order valence-electron chi connectivity index (χ4n) is 1.96. The number of benzene rings is 3. The summed E-state index contributed by atoms with van der Waals surface area (Å²) in [5.74, 6) is 0.822. The molecule has 0 saturated heterocycles. The van der Waals surface area contributed by atoms with Crippen LogP contribution in [0, 0.1) is 0 Å². The normalized spacial score (nSPS) is 10.7. The number of hydrogen-bond donors (Lipinski definition) is 0. The predicted molar refractivity (Wildman–Crippen MR) is 87.8 cm³/mol. The first-order valence-corrected chi connectivity index (χ1v) is 7.14. The summed E-state index contributed by atoms with van der Waals surface area (Å²) < 4.78 is 5.74. The van der Waals surface area contributed by atoms with Crippen molar-refractivity contribution in [2.24, 2.45) is 10.2 Å². The van der Waals surface area contributed by atoms with Crippen LogP contribution in [0.5, 0.6) is 5.75 Å². The van der Waals surface area contributed by atoms with E-state index in [0.717, 1.165) is 22.7 Å². The summed E-state index contributed by atoms with van der Waals surface area (Å²) in [6.07, 6.45) is 0. The summed E-state index contributed by atoms with van der Waals surface area (Å²) in [5.41, 5.74) is 2.79. The van der Waals surface area contributed by atoms with Crippen LogP contribution in [-0.4, -0.2) is 0 Å². The molecule has 0 saturated carbocycles. The summed E-state index contributed by atoms with van der Waals surface area (Å²) >= 11 is 0. The van der Waals surface area contributed by atoms with Gasteiger partial charge in [0.05, 0.1) is 11.4 Å². The first kappa shape index (κ1) is 14.0. The number of azo groups is 1. The Morgan fingerprint density at radius 1 is 0.591 bits per heavy atom. The van der Waals surface area contributed by atoms with Crippen LogP contribution in [0.25, 0.3) is 0 Å². The van der Waals surface area contributed by atoms with Gasteiger partial charge in [0.2, 0.25) is 0 Å². The topological polar surface area (TPSA) is 34.0 Å². The van der Waals surface area contributed by atoms with Crippen LogP contribution in [0.4, 0.5) is 11.4 Å². The predicted octanol–water partition coefficient (Wildman–Crippen LogP) is 5.68. The minimum atomic E-state index is 0.561. The fraction of sp³-hybridized carbons (Fsp3) is 0.0526. The van der Waals surface area contributed by atoms with Crippen molar-refractivity contribution in [3.05, 3.63) is 90.5 Å². The van der Waals surface area contributed by atoms with Crippen molar-refractivity contribution < 1.29 is 4.74 Å². The van der Waals surface area contributed by atoms with Crippen LogP contribution < -0.4 is 4.74 Å². The Bertz CT molecular complexity index is 722. The third kappa shape index (κ3) is 4.03. The highest BCUT2D eigenvalue weighted by Gasteiger charge is 1.96. The van der Waals surface area contributed by atoms with Gasteiger partial charge in [-0.3, -0.25) is 0 Å². The molecule has 0 N–H and O–H groups in total. The van der Waals surface area contributed by atoms with Gasteiger partial charge in [-0.05, 0) is 42.0 Å². The number of rotatable bonds is 5. The molecule has 0 bridgehead atoms. The lowest BCUT2D eigenvalue weighted by molar-refractivity contribution is 0.306. The van der Waals surface area contributed by atoms with Gasteiger partial charge in [0, 0.05) is 0 Å². The lowest BCUT2D eigenvalue weighted by Gasteiger charge is -2.06. The fourth-order valence-corrected chi connectivity index (χ4v) is 1.96. The molecule has 22 heavy (non-hydrogen) atoms. The Balaban J connectivity index is 1.59. The third-order valence-corrected chi connectivity index (χ3v) is 3.12. The van der Waals surface area contributed by atoms with Gasteiger partial charge in [-0.1, -0.05) is 48.5 Å². The lowest BCUT2D eigenvalue weighted by atomic mass is 10.2. The Morgan fingerprint density at radius 2 is 1.14 bits per heavy atom. The maximum absolute atomic E-state index is 5.74. The van der Waals surface area contributed by atoms with Crippen molar-refractivity contribution in [2.75, 3.05) is 0 Å². The first-order valence-electron chi connectivity index (χ1n) is 7.14. The minimum Gasteiger partial charge on any atom is -0.489 e. The van der Waals surface area contributed by atoms with Gasteiger partial charge in [0.15, 0.2) is 0 Å². The molecule has 0 aliphatic rings. The van der Waals surface area contributed by atoms with E-state index in [9.17, 15) is 0 Å². The van der Waals surface area contributed by atoms with Gasteiger partial charge < -0.3 is 4.74 Å². The van der Waals surface area contributed by atoms with E-state index in [2.05, 4.69) is 10.2 Å². The second-order valence-electron chi connectivity index (χ2n) is 4.80. The van der Waals surface area contributed by atoms with E-state index in [1.165, 1.54) is 0 Å². The highest BCUT2D eigenvalue weighted by molar-refractivity contribution is 5.42. The first-order chi connectivity index (χ1) is 10.9. The molecule has 0 aliphatic heterocycles. The molecule has 3 rings (SSSR count). The molecule has 0 spiro atoms. The Labute approximate surface area is 129 Å². The van der Waals surface area contributed by atoms with Crippen LogP contribution in [0.2, 0.25) is 0 Å². The van der Waals surface area contributed by atoms with Gasteiger partial charge in [-0.25, -0.2) is 0 Å². The summed E-state index contributed by atoms with van der Waals surface area (Å²) in [6.45, 7) is 0.561. The van der Waals surface area contributed by atoms with Crippen molar-refractivity contribution in [3.63, 3.8) is 0 Å². The highest BCUT2D eigenvalue weighted by Crippen LogP contribution is 2.21. The van der Waals surface area contributed by atoms with Crippen LogP contribution >= 0.6 is 0 Å². The Morgan fingerprint density at radius 3 is 1.77 bits per heavy atom. The van der Waals surface area contributed by atoms with Gasteiger partial charge in [-0.2, -0.15) is 10.2 Å². The van der Waals surface area contributed by atoms with Crippen LogP contribution in [0.15, 0.2) is 95.2 Å². The molecule has 0 aliphatic carbocycles. The van der Waals surface area contributed by atoms with Crippen LogP contribution in [0.1, 0.15) is 5.56 Å². The average Bonchev–Trinajstić information content (AvgIpc) is 2.61. The number of ether oxygens (including phenoxy) is 1. The maximum atomic E-state index is 5.74. The smallest absolute Gasteiger partial charge is 0.119 e. The zero-order valence-electron chi connectivity index (χ0n) is 12.1. The second kappa shape index (κ2) is 7.18. The molecule has 3 aromatic carbocycles. The number of nitrogens with zero attached hydrogens (tertiary/aromatic N) is 2. The zero-order valence-corrected chi connectivity index (χ0v) is 12.1. The summed E-state index contributed by atoms with van der Waals surface area (Å²) in [4.78, 5) is 0. The molecule has 3 heteroatoms. The molecule has 0 unspecified atom stereocenters. The summed E-state index contributed by atoms with van der Waals surface area (Å²) in [7, 11) is 0. The van der Waals surface area contributed by atoms with Crippen molar-refractivity contribution in [3.8, 4) is 5.75 Å². The molecule has 0 atom stereocenters. The SMILES string of the molecule is c1ccc(COc2ccc(/N=N/c3ccccc3)cc2)cc1. The molecular formula is C19H16N2O. The molecule has 0 radical (unpaired) electrons. The quantitative estimate of drug-likeness (QED) is 0.556. The molecule has 3 aromatic rings. The van der Waals surface area contributed by atoms with Gasteiger partial charge in [-0.15, -0.1) is 0 Å². The van der Waals surface area contributed by atoms with Crippen molar-refractivity contribution in [1.29, 1.82) is 0 Å². The van der Waals surface area contributed by atoms with Crippen molar-refractivity contribution in [2.45, 2.75) is 6.61 Å². The molecule has 108 valence electrons. The summed E-state index contributed by atoms with van der Waals surface area (Å²) in [6, 6.07) is 27.4. The molecule has 3 nitrogen and oxygen atoms in total. The van der Waals surface area contributed by atoms with E-state index >= 15 is 0 Å². The third-order valence-electron chi connectivity index (χ3n) is 3.12. The molecule has 0 amide bonds. The minimum absolute atomic E-state index is 0.561. The average molecular weight is 288 g/mol. The van der Waals surface area contributed by atoms with Gasteiger partial charge in [0.1, 0.15) is 12.4 Å². The van der Waals surface area contributed by atoms with E-state index < -0.39 is 0 Å². The second-order valence-corrected chi connectivity index (χ2v) is 4.80. The van der Waals surface area contributed by atoms with E-state index in [1.54, 1.807) is 0 Å². The van der Waals surface area contributed by atoms with E-state index in [0.29, 0.717) is 6.61 Å². The standard InChI is InChI=1S/C19H16N2O/c1-3-7-16(8-4-1)15-22-19-13-11-18(12-14-19)21-20-17-9-5-2-6-10-17/h1-14H,15H2/b21-20+. The van der Waals surface area contributed by atoms with Crippen LogP contribution in [-0.2, 0) is 6.61 Å². The van der Waals surface area contributed by atoms with Crippen molar-refractivity contribution >= 4 is 11.4 Å². The molecule has 0 heterocycles. The lowest BCUT2D eigenvalue weighted by Crippen LogP contribution is -1.94. The Kier molecular flexibility index (Phi) is 4.57. The molecule has 0 aromatic heterocycles. The van der Waals surface area contributed by atoms with E-state index in [1.807, 2.05) is 84.9 Å². The van der Waals surface area contributed by atoms with Crippen LogP contribution in [0.3, 0.4) is 0 Å². The van der Waals surface area contributed by atoms with Gasteiger partial charge in [0.25, 0.3) is 0 Å². The monoisotopic (exact) mass is 288 g/mol. The summed E-state index contributed by atoms with van der Waals surface area (Å²) in [5, 5.41) is 8.39. The van der Waals surface area contributed by atoms with E-state index in [4.69, 9.17) is 4.74 Å². The van der Waals surface area contributed by atoms with E-state index in [-0.39, 0.29) is 0 Å². The molecular weight excluding hydrogens is 272 g/mol. The van der Waals surface area contributed by atoms with Crippen molar-refractivity contribution in [1.82, 2.24) is 0 Å². The molecule has 0 fully saturated rings. The highest BCUT2D eigenvalue weighted by atomic mass is 16.5. The van der Waals surface area contributed by atoms with Gasteiger partial charge >= 0.3 is 0 Å².